The Bertz CT molecular complexity index is 2960. The van der Waals surface area contributed by atoms with Crippen LogP contribution in [-0.4, -0.2) is 9.97 Å². The molecular weight excluding hydrogens is 717 g/mol. The van der Waals surface area contributed by atoms with Gasteiger partial charge in [-0.2, -0.15) is 0 Å². The SMILES string of the molecule is [2H]C([2H])([2H])c1ccc2c(c1-c1ccc(-c3c(-c4ccccc4)c(-c4ccccc4)c(-c4ccccc4)c(-c4ccccc4)c3-c3ccccc3)cc1)Oc1nccnc1C2(C)C. The molecule has 1 aliphatic rings. The standard InChI is InChI=1S/C56H42N2O/c1-37-29-34-45-53(59-55-54(56(45,2)3)57-35-36-58-55)46(37)43-30-32-44(33-31-43)52-50(41-25-15-7-16-26-41)48(39-21-11-5-12-22-39)47(38-19-9-4-10-20-38)49(40-23-13-6-14-24-40)51(52)42-27-17-8-18-28-42/h4-36H,1-3H3/i1D3. The Kier molecular flexibility index (Phi) is 8.23. The molecule has 0 unspecified atom stereocenters. The molecular formula is C56H42N2O. The van der Waals surface area contributed by atoms with Gasteiger partial charge in [-0.05, 0) is 98.6 Å². The molecule has 59 heavy (non-hydrogen) atoms. The Labute approximate surface area is 350 Å². The van der Waals surface area contributed by atoms with Crippen LogP contribution in [0.25, 0.3) is 77.9 Å². The van der Waals surface area contributed by atoms with E-state index in [1.165, 1.54) is 0 Å². The van der Waals surface area contributed by atoms with Gasteiger partial charge in [0.1, 0.15) is 11.4 Å². The summed E-state index contributed by atoms with van der Waals surface area (Å²) in [5.41, 5.74) is 15.6. The zero-order valence-corrected chi connectivity index (χ0v) is 32.9. The number of hydrogen-bond donors (Lipinski definition) is 0. The van der Waals surface area contributed by atoms with Gasteiger partial charge in [-0.1, -0.05) is 188 Å². The molecule has 1 aliphatic heterocycles. The summed E-state index contributed by atoms with van der Waals surface area (Å²) < 4.78 is 32.7. The normalized spacial score (nSPS) is 13.6. The Morgan fingerprint density at radius 1 is 0.390 bits per heavy atom. The van der Waals surface area contributed by atoms with Crippen LogP contribution in [0.15, 0.2) is 200 Å². The maximum atomic E-state index is 8.70. The number of aromatic nitrogens is 2. The first-order chi connectivity index (χ1) is 30.2. The summed E-state index contributed by atoms with van der Waals surface area (Å²) in [5, 5.41) is 0. The Hall–Kier alpha value is -7.36. The smallest absolute Gasteiger partial charge is 0.242 e. The lowest BCUT2D eigenvalue weighted by Crippen LogP contribution is -2.26. The van der Waals surface area contributed by atoms with Crippen molar-refractivity contribution in [3.63, 3.8) is 0 Å². The van der Waals surface area contributed by atoms with E-state index in [-0.39, 0.29) is 5.56 Å². The first-order valence-electron chi connectivity index (χ1n) is 21.5. The highest BCUT2D eigenvalue weighted by molar-refractivity contribution is 6.15. The summed E-state index contributed by atoms with van der Waals surface area (Å²) in [6, 6.07) is 65.4. The number of aryl methyl sites for hydroxylation is 1. The van der Waals surface area contributed by atoms with Crippen LogP contribution in [0.2, 0.25) is 0 Å². The van der Waals surface area contributed by atoms with Gasteiger partial charge in [0.15, 0.2) is 0 Å². The van der Waals surface area contributed by atoms with E-state index < -0.39 is 12.3 Å². The van der Waals surface area contributed by atoms with Gasteiger partial charge in [-0.25, -0.2) is 4.98 Å². The maximum absolute atomic E-state index is 8.70. The fraction of sp³-hybridized carbons (Fsp3) is 0.0714. The lowest BCUT2D eigenvalue weighted by Gasteiger charge is -2.34. The predicted molar refractivity (Wildman–Crippen MR) is 243 cm³/mol. The molecule has 0 saturated carbocycles. The second kappa shape index (κ2) is 14.9. The summed E-state index contributed by atoms with van der Waals surface area (Å²) in [4.78, 5) is 9.18. The van der Waals surface area contributed by atoms with Gasteiger partial charge in [0.25, 0.3) is 0 Å². The van der Waals surface area contributed by atoms with Crippen LogP contribution in [0.5, 0.6) is 11.6 Å². The zero-order chi connectivity index (χ0) is 42.4. The number of fused-ring (bicyclic) bond motifs is 2. The van der Waals surface area contributed by atoms with Gasteiger partial charge in [0, 0.05) is 33.0 Å². The molecule has 0 N–H and O–H groups in total. The maximum Gasteiger partial charge on any atom is 0.242 e. The van der Waals surface area contributed by atoms with E-state index in [2.05, 4.69) is 188 Å². The van der Waals surface area contributed by atoms with Gasteiger partial charge in [-0.15, -0.1) is 0 Å². The number of rotatable bonds is 7. The van der Waals surface area contributed by atoms with E-state index in [0.29, 0.717) is 22.9 Å². The monoisotopic (exact) mass is 761 g/mol. The van der Waals surface area contributed by atoms with E-state index in [1.807, 2.05) is 18.2 Å². The molecule has 0 amide bonds. The summed E-state index contributed by atoms with van der Waals surface area (Å²) >= 11 is 0. The van der Waals surface area contributed by atoms with E-state index >= 15 is 0 Å². The van der Waals surface area contributed by atoms with Gasteiger partial charge in [0.05, 0.1) is 0 Å². The van der Waals surface area contributed by atoms with E-state index in [0.717, 1.165) is 77.9 Å². The van der Waals surface area contributed by atoms with Crippen molar-refractivity contribution in [2.45, 2.75) is 26.1 Å². The van der Waals surface area contributed by atoms with Crippen molar-refractivity contribution in [1.29, 1.82) is 0 Å². The quantitative estimate of drug-likeness (QED) is 0.162. The highest BCUT2D eigenvalue weighted by Gasteiger charge is 2.38. The van der Waals surface area contributed by atoms with E-state index in [4.69, 9.17) is 8.85 Å². The summed E-state index contributed by atoms with van der Waals surface area (Å²) in [6.45, 7) is 1.74. The minimum atomic E-state index is -2.41. The van der Waals surface area contributed by atoms with Crippen molar-refractivity contribution in [2.24, 2.45) is 0 Å². The first-order valence-corrected chi connectivity index (χ1v) is 20.0. The van der Waals surface area contributed by atoms with Crippen LogP contribution in [0.1, 0.15) is 34.8 Å². The lowest BCUT2D eigenvalue weighted by molar-refractivity contribution is 0.394. The first kappa shape index (κ1) is 32.7. The predicted octanol–water partition coefficient (Wildman–Crippen LogP) is 14.9. The van der Waals surface area contributed by atoms with Crippen LogP contribution >= 0.6 is 0 Å². The zero-order valence-electron chi connectivity index (χ0n) is 35.9. The highest BCUT2D eigenvalue weighted by atomic mass is 16.5. The largest absolute Gasteiger partial charge is 0.436 e. The van der Waals surface area contributed by atoms with Gasteiger partial charge >= 0.3 is 0 Å². The third-order valence-electron chi connectivity index (χ3n) is 11.6. The van der Waals surface area contributed by atoms with Crippen LogP contribution < -0.4 is 4.74 Å². The molecule has 282 valence electrons. The molecule has 0 radical (unpaired) electrons. The van der Waals surface area contributed by atoms with Crippen LogP contribution in [0.3, 0.4) is 0 Å². The molecule has 1 aromatic heterocycles. The molecule has 9 aromatic rings. The lowest BCUT2D eigenvalue weighted by atomic mass is 9.74. The van der Waals surface area contributed by atoms with Crippen LogP contribution in [0, 0.1) is 6.85 Å². The number of hydrogen-bond acceptors (Lipinski definition) is 3. The molecule has 3 heteroatoms. The van der Waals surface area contributed by atoms with Crippen molar-refractivity contribution in [1.82, 2.24) is 9.97 Å². The molecule has 0 fully saturated rings. The third kappa shape index (κ3) is 6.23. The number of benzene rings is 8. The Morgan fingerprint density at radius 3 is 1.10 bits per heavy atom. The molecule has 2 heterocycles. The summed E-state index contributed by atoms with van der Waals surface area (Å²) in [6.07, 6.45) is 3.27. The molecule has 0 saturated heterocycles. The second-order valence-corrected chi connectivity index (χ2v) is 15.5. The van der Waals surface area contributed by atoms with E-state index in [9.17, 15) is 0 Å². The number of ether oxygens (including phenoxy) is 1. The van der Waals surface area contributed by atoms with Crippen molar-refractivity contribution in [2.75, 3.05) is 0 Å². The molecule has 0 bridgehead atoms. The van der Waals surface area contributed by atoms with Gasteiger partial charge in [0.2, 0.25) is 5.88 Å². The number of nitrogens with zero attached hydrogens (tertiary/aromatic N) is 2. The fourth-order valence-corrected chi connectivity index (χ4v) is 8.83. The molecule has 8 aromatic carbocycles. The highest BCUT2D eigenvalue weighted by Crippen LogP contribution is 2.56. The van der Waals surface area contributed by atoms with Crippen LogP contribution in [0.4, 0.5) is 0 Å². The summed E-state index contributed by atoms with van der Waals surface area (Å²) in [7, 11) is 0. The van der Waals surface area contributed by atoms with Crippen LogP contribution in [-0.2, 0) is 5.41 Å². The second-order valence-electron chi connectivity index (χ2n) is 15.5. The Morgan fingerprint density at radius 2 is 0.729 bits per heavy atom. The van der Waals surface area contributed by atoms with Gasteiger partial charge < -0.3 is 4.74 Å². The molecule has 0 spiro atoms. The molecule has 10 rings (SSSR count). The Balaban J connectivity index is 1.33. The van der Waals surface area contributed by atoms with Crippen molar-refractivity contribution in [3.8, 4) is 89.5 Å². The average Bonchev–Trinajstić information content (AvgIpc) is 3.31. The fourth-order valence-electron chi connectivity index (χ4n) is 8.83. The minimum Gasteiger partial charge on any atom is -0.436 e. The topological polar surface area (TPSA) is 35.0 Å². The molecule has 0 aliphatic carbocycles. The van der Waals surface area contributed by atoms with Crippen molar-refractivity contribution >= 4 is 0 Å². The van der Waals surface area contributed by atoms with Crippen molar-refractivity contribution in [3.05, 3.63) is 217 Å². The minimum absolute atomic E-state index is 0.215. The molecule has 3 nitrogen and oxygen atoms in total. The third-order valence-corrected chi connectivity index (χ3v) is 11.6. The average molecular weight is 762 g/mol. The van der Waals surface area contributed by atoms with E-state index in [1.54, 1.807) is 18.5 Å². The molecule has 0 atom stereocenters. The van der Waals surface area contributed by atoms with Gasteiger partial charge in [-0.3, -0.25) is 4.98 Å². The summed E-state index contributed by atoms with van der Waals surface area (Å²) in [5.74, 6) is 0.871. The van der Waals surface area contributed by atoms with Crippen molar-refractivity contribution < 1.29 is 8.85 Å².